The molecular formula is C16H16N2O4S. The lowest BCUT2D eigenvalue weighted by Gasteiger charge is -2.07. The van der Waals surface area contributed by atoms with Crippen molar-refractivity contribution in [2.24, 2.45) is 0 Å². The molecule has 4 rings (SSSR count). The molecule has 7 heteroatoms. The molecule has 2 aliphatic rings. The average Bonchev–Trinajstić information content (AvgIpc) is 3.26. The molecule has 0 saturated carbocycles. The number of hydrogen-bond acceptors (Lipinski definition) is 7. The minimum absolute atomic E-state index is 0.0663. The second kappa shape index (κ2) is 6.74. The van der Waals surface area contributed by atoms with Crippen LogP contribution in [-0.2, 0) is 9.47 Å². The second-order valence-corrected chi connectivity index (χ2v) is 6.25. The van der Waals surface area contributed by atoms with Crippen LogP contribution in [0.4, 0.5) is 0 Å². The van der Waals surface area contributed by atoms with Gasteiger partial charge in [0.15, 0.2) is 17.8 Å². The van der Waals surface area contributed by atoms with Crippen molar-refractivity contribution in [1.29, 1.82) is 0 Å². The molecule has 1 fully saturated rings. The largest absolute Gasteiger partial charge is 0.454 e. The fraction of sp³-hybridized carbons (Fsp3) is 0.375. The smallest absolute Gasteiger partial charge is 0.231 e. The summed E-state index contributed by atoms with van der Waals surface area (Å²) in [6.45, 7) is 1.66. The number of ether oxygens (including phenoxy) is 4. The summed E-state index contributed by atoms with van der Waals surface area (Å²) in [6, 6.07) is 9.72. The van der Waals surface area contributed by atoms with E-state index in [0.29, 0.717) is 13.2 Å². The first-order valence-electron chi connectivity index (χ1n) is 7.48. The van der Waals surface area contributed by atoms with Gasteiger partial charge in [-0.15, -0.1) is 22.0 Å². The number of benzene rings is 1. The predicted molar refractivity (Wildman–Crippen MR) is 84.6 cm³/mol. The fourth-order valence-electron chi connectivity index (χ4n) is 2.44. The van der Waals surface area contributed by atoms with Crippen molar-refractivity contribution >= 4 is 11.8 Å². The van der Waals surface area contributed by atoms with Crippen molar-refractivity contribution in [3.63, 3.8) is 0 Å². The highest BCUT2D eigenvalue weighted by Crippen LogP contribution is 2.35. The third kappa shape index (κ3) is 3.41. The summed E-state index contributed by atoms with van der Waals surface area (Å²) in [5, 5.41) is 9.46. The summed E-state index contributed by atoms with van der Waals surface area (Å²) in [7, 11) is 0. The van der Waals surface area contributed by atoms with Crippen molar-refractivity contribution in [2.45, 2.75) is 17.7 Å². The molecule has 0 N–H and O–H groups in total. The molecule has 1 aromatic carbocycles. The van der Waals surface area contributed by atoms with Crippen LogP contribution in [-0.4, -0.2) is 42.2 Å². The first-order chi connectivity index (χ1) is 11.4. The van der Waals surface area contributed by atoms with Crippen LogP contribution in [0.2, 0.25) is 0 Å². The van der Waals surface area contributed by atoms with Crippen LogP contribution in [0, 0.1) is 0 Å². The minimum Gasteiger partial charge on any atom is -0.454 e. The number of aromatic nitrogens is 2. The quantitative estimate of drug-likeness (QED) is 0.780. The van der Waals surface area contributed by atoms with E-state index in [1.54, 1.807) is 11.8 Å². The van der Waals surface area contributed by atoms with Crippen LogP contribution in [0.15, 0.2) is 35.4 Å². The maximum atomic E-state index is 5.41. The Morgan fingerprint density at radius 2 is 1.87 bits per heavy atom. The number of hydrogen-bond donors (Lipinski definition) is 0. The van der Waals surface area contributed by atoms with Crippen LogP contribution >= 0.6 is 11.8 Å². The normalized spacial score (nSPS) is 16.9. The Kier molecular flexibility index (Phi) is 4.32. The molecule has 1 saturated heterocycles. The van der Waals surface area contributed by atoms with E-state index < -0.39 is 0 Å². The molecule has 23 heavy (non-hydrogen) atoms. The number of rotatable bonds is 5. The summed E-state index contributed by atoms with van der Waals surface area (Å²) in [5.41, 5.74) is 1.78. The van der Waals surface area contributed by atoms with Gasteiger partial charge in [0.1, 0.15) is 5.03 Å². The standard InChI is InChI=1S/C16H16N2O4S/c1-3-13-14(22-10-21-13)9-11(1)12-2-4-15(18-17-12)23-8-5-16-19-6-7-20-16/h1-4,9,16H,5-8,10H2. The Hall–Kier alpha value is -1.83. The van der Waals surface area contributed by atoms with Gasteiger partial charge in [-0.1, -0.05) is 0 Å². The van der Waals surface area contributed by atoms with Gasteiger partial charge in [-0.05, 0) is 30.3 Å². The summed E-state index contributed by atoms with van der Waals surface area (Å²) in [4.78, 5) is 0. The molecule has 0 bridgehead atoms. The molecule has 120 valence electrons. The lowest BCUT2D eigenvalue weighted by molar-refractivity contribution is -0.0421. The molecule has 3 heterocycles. The Labute approximate surface area is 138 Å². The minimum atomic E-state index is -0.0663. The Morgan fingerprint density at radius 1 is 1.00 bits per heavy atom. The molecule has 0 atom stereocenters. The third-order valence-corrected chi connectivity index (χ3v) is 4.56. The molecule has 0 amide bonds. The molecular weight excluding hydrogens is 316 g/mol. The first kappa shape index (κ1) is 14.7. The van der Waals surface area contributed by atoms with Crippen molar-refractivity contribution < 1.29 is 18.9 Å². The van der Waals surface area contributed by atoms with Gasteiger partial charge in [-0.2, -0.15) is 0 Å². The van der Waals surface area contributed by atoms with Crippen LogP contribution in [0.3, 0.4) is 0 Å². The van der Waals surface area contributed by atoms with Crippen molar-refractivity contribution in [2.75, 3.05) is 25.8 Å². The predicted octanol–water partition coefficient (Wildman–Crippen LogP) is 2.73. The van der Waals surface area contributed by atoms with Gasteiger partial charge in [0.25, 0.3) is 0 Å². The molecule has 0 unspecified atom stereocenters. The number of nitrogens with zero attached hydrogens (tertiary/aromatic N) is 2. The van der Waals surface area contributed by atoms with Gasteiger partial charge in [0, 0.05) is 17.7 Å². The SMILES string of the molecule is c1cc2c(cc1-c1ccc(SCCC3OCCO3)nn1)OCO2. The zero-order chi connectivity index (χ0) is 15.5. The molecule has 6 nitrogen and oxygen atoms in total. The van der Waals surface area contributed by atoms with Crippen LogP contribution in [0.25, 0.3) is 11.3 Å². The van der Waals surface area contributed by atoms with Gasteiger partial charge in [-0.3, -0.25) is 0 Å². The maximum Gasteiger partial charge on any atom is 0.231 e. The number of fused-ring (bicyclic) bond motifs is 1. The lowest BCUT2D eigenvalue weighted by atomic mass is 10.1. The van der Waals surface area contributed by atoms with E-state index in [2.05, 4.69) is 10.2 Å². The van der Waals surface area contributed by atoms with E-state index in [1.807, 2.05) is 30.3 Å². The zero-order valence-electron chi connectivity index (χ0n) is 12.4. The van der Waals surface area contributed by atoms with E-state index in [-0.39, 0.29) is 13.1 Å². The summed E-state index contributed by atoms with van der Waals surface area (Å²) in [6.07, 6.45) is 0.791. The number of thioether (sulfide) groups is 1. The van der Waals surface area contributed by atoms with Gasteiger partial charge >= 0.3 is 0 Å². The molecule has 2 aliphatic heterocycles. The topological polar surface area (TPSA) is 62.7 Å². The van der Waals surface area contributed by atoms with Gasteiger partial charge in [0.2, 0.25) is 6.79 Å². The van der Waals surface area contributed by atoms with Crippen molar-refractivity contribution in [3.05, 3.63) is 30.3 Å². The highest BCUT2D eigenvalue weighted by Gasteiger charge is 2.16. The van der Waals surface area contributed by atoms with Crippen LogP contribution in [0.5, 0.6) is 11.5 Å². The third-order valence-electron chi connectivity index (χ3n) is 3.60. The monoisotopic (exact) mass is 332 g/mol. The molecule has 1 aromatic heterocycles. The summed E-state index contributed by atoms with van der Waals surface area (Å²) in [5.74, 6) is 2.41. The van der Waals surface area contributed by atoms with E-state index in [9.17, 15) is 0 Å². The van der Waals surface area contributed by atoms with Crippen molar-refractivity contribution in [1.82, 2.24) is 10.2 Å². The highest BCUT2D eigenvalue weighted by molar-refractivity contribution is 7.99. The van der Waals surface area contributed by atoms with E-state index in [4.69, 9.17) is 18.9 Å². The molecule has 0 aliphatic carbocycles. The molecule has 0 radical (unpaired) electrons. The Balaban J connectivity index is 1.37. The van der Waals surface area contributed by atoms with Gasteiger partial charge < -0.3 is 18.9 Å². The highest BCUT2D eigenvalue weighted by atomic mass is 32.2. The van der Waals surface area contributed by atoms with E-state index in [1.165, 1.54) is 0 Å². The fourth-order valence-corrected chi connectivity index (χ4v) is 3.22. The van der Waals surface area contributed by atoms with E-state index in [0.717, 1.165) is 40.0 Å². The Morgan fingerprint density at radius 3 is 2.70 bits per heavy atom. The van der Waals surface area contributed by atoms with Gasteiger partial charge in [0.05, 0.1) is 18.9 Å². The maximum absolute atomic E-state index is 5.41. The first-order valence-corrected chi connectivity index (χ1v) is 8.47. The summed E-state index contributed by atoms with van der Waals surface area (Å²) < 4.78 is 21.5. The lowest BCUT2D eigenvalue weighted by Crippen LogP contribution is -2.08. The second-order valence-electron chi connectivity index (χ2n) is 5.13. The van der Waals surface area contributed by atoms with Crippen LogP contribution in [0.1, 0.15) is 6.42 Å². The molecule has 0 spiro atoms. The summed E-state index contributed by atoms with van der Waals surface area (Å²) >= 11 is 1.65. The van der Waals surface area contributed by atoms with Gasteiger partial charge in [-0.25, -0.2) is 0 Å². The van der Waals surface area contributed by atoms with Crippen molar-refractivity contribution in [3.8, 4) is 22.8 Å². The average molecular weight is 332 g/mol. The molecule has 2 aromatic rings. The van der Waals surface area contributed by atoms with E-state index >= 15 is 0 Å². The Bertz CT molecular complexity index is 674. The van der Waals surface area contributed by atoms with Crippen LogP contribution < -0.4 is 9.47 Å². The zero-order valence-corrected chi connectivity index (χ0v) is 13.3.